The first-order chi connectivity index (χ1) is 11.1. The van der Waals surface area contributed by atoms with Crippen molar-refractivity contribution in [1.29, 1.82) is 0 Å². The number of benzene rings is 2. The number of hydrogen-bond donors (Lipinski definition) is 2. The molecule has 2 N–H and O–H groups in total. The van der Waals surface area contributed by atoms with E-state index in [4.69, 9.17) is 0 Å². The van der Waals surface area contributed by atoms with Crippen LogP contribution >= 0.6 is 0 Å². The summed E-state index contributed by atoms with van der Waals surface area (Å²) in [4.78, 5) is 35.6. The average Bonchev–Trinajstić information content (AvgIpc) is 2.60. The minimum Gasteiger partial charge on any atom is -0.344 e. The quantitative estimate of drug-likeness (QED) is 0.505. The Kier molecular flexibility index (Phi) is 5.41. The summed E-state index contributed by atoms with van der Waals surface area (Å²) in [6, 6.07) is 15.3. The molecule has 0 unspecified atom stereocenters. The van der Waals surface area contributed by atoms with Crippen molar-refractivity contribution in [2.24, 2.45) is 0 Å². The van der Waals surface area contributed by atoms with Gasteiger partial charge in [0, 0.05) is 23.4 Å². The van der Waals surface area contributed by atoms with Crippen LogP contribution in [0.5, 0.6) is 0 Å². The molecular formula is C18H16N2O3. The summed E-state index contributed by atoms with van der Waals surface area (Å²) in [6.45, 7) is 3.66. The maximum atomic E-state index is 12.4. The molecule has 2 aromatic rings. The average molecular weight is 308 g/mol. The molecule has 2 aromatic carbocycles. The minimum atomic E-state index is -0.795. The highest BCUT2D eigenvalue weighted by Gasteiger charge is 2.14. The van der Waals surface area contributed by atoms with E-state index < -0.39 is 11.8 Å². The molecule has 0 saturated carbocycles. The molecule has 0 aliphatic rings. The van der Waals surface area contributed by atoms with Crippen molar-refractivity contribution in [1.82, 2.24) is 5.32 Å². The van der Waals surface area contributed by atoms with Crippen molar-refractivity contribution in [2.45, 2.75) is 0 Å². The van der Waals surface area contributed by atoms with Crippen LogP contribution in [0.25, 0.3) is 0 Å². The number of carbonyl (C=O) groups excluding carboxylic acids is 3. The molecule has 5 nitrogen and oxygen atoms in total. The molecule has 23 heavy (non-hydrogen) atoms. The van der Waals surface area contributed by atoms with E-state index >= 15 is 0 Å². The van der Waals surface area contributed by atoms with Gasteiger partial charge in [0.25, 0.3) is 0 Å². The summed E-state index contributed by atoms with van der Waals surface area (Å²) >= 11 is 0. The summed E-state index contributed by atoms with van der Waals surface area (Å²) in [5.41, 5.74) is 1.37. The topological polar surface area (TPSA) is 75.3 Å². The van der Waals surface area contributed by atoms with Crippen LogP contribution in [0.4, 0.5) is 5.69 Å². The van der Waals surface area contributed by atoms with Gasteiger partial charge >= 0.3 is 11.8 Å². The molecule has 0 spiro atoms. The van der Waals surface area contributed by atoms with E-state index in [0.717, 1.165) is 0 Å². The molecule has 0 saturated heterocycles. The molecule has 5 heteroatoms. The predicted octanol–water partition coefficient (Wildman–Crippen LogP) is 2.16. The summed E-state index contributed by atoms with van der Waals surface area (Å²) in [7, 11) is 0. The van der Waals surface area contributed by atoms with Gasteiger partial charge in [0.05, 0.1) is 0 Å². The number of hydrogen-bond acceptors (Lipinski definition) is 3. The maximum absolute atomic E-state index is 12.4. The Morgan fingerprint density at radius 1 is 0.913 bits per heavy atom. The third-order valence-corrected chi connectivity index (χ3v) is 3.03. The lowest BCUT2D eigenvalue weighted by Crippen LogP contribution is -2.35. The molecule has 0 radical (unpaired) electrons. The summed E-state index contributed by atoms with van der Waals surface area (Å²) < 4.78 is 0. The SMILES string of the molecule is C=CCNC(=O)C(=O)Nc1cccc(C(=O)c2ccccc2)c1. The van der Waals surface area contributed by atoms with Crippen LogP contribution in [-0.2, 0) is 9.59 Å². The van der Waals surface area contributed by atoms with Crippen molar-refractivity contribution < 1.29 is 14.4 Å². The number of amides is 2. The Morgan fingerprint density at radius 2 is 1.61 bits per heavy atom. The molecule has 116 valence electrons. The van der Waals surface area contributed by atoms with Crippen LogP contribution in [0.3, 0.4) is 0 Å². The van der Waals surface area contributed by atoms with Gasteiger partial charge in [0.2, 0.25) is 0 Å². The Hall–Kier alpha value is -3.21. The lowest BCUT2D eigenvalue weighted by Gasteiger charge is -2.07. The van der Waals surface area contributed by atoms with Crippen LogP contribution in [0.15, 0.2) is 67.3 Å². The molecule has 0 aliphatic carbocycles. The van der Waals surface area contributed by atoms with Gasteiger partial charge < -0.3 is 10.6 Å². The zero-order valence-electron chi connectivity index (χ0n) is 12.4. The fraction of sp³-hybridized carbons (Fsp3) is 0.0556. The van der Waals surface area contributed by atoms with Crippen LogP contribution < -0.4 is 10.6 Å². The zero-order chi connectivity index (χ0) is 16.7. The van der Waals surface area contributed by atoms with E-state index in [2.05, 4.69) is 17.2 Å². The van der Waals surface area contributed by atoms with Gasteiger partial charge in [-0.1, -0.05) is 48.5 Å². The Labute approximate surface area is 134 Å². The first kappa shape index (κ1) is 16.2. The van der Waals surface area contributed by atoms with Crippen molar-refractivity contribution in [3.05, 3.63) is 78.4 Å². The van der Waals surface area contributed by atoms with Crippen molar-refractivity contribution in [3.63, 3.8) is 0 Å². The molecular weight excluding hydrogens is 292 g/mol. The van der Waals surface area contributed by atoms with E-state index in [9.17, 15) is 14.4 Å². The lowest BCUT2D eigenvalue weighted by molar-refractivity contribution is -0.136. The monoisotopic (exact) mass is 308 g/mol. The third-order valence-electron chi connectivity index (χ3n) is 3.03. The van der Waals surface area contributed by atoms with E-state index in [1.807, 2.05) is 6.07 Å². The number of anilines is 1. The van der Waals surface area contributed by atoms with E-state index in [0.29, 0.717) is 16.8 Å². The van der Waals surface area contributed by atoms with Crippen LogP contribution in [-0.4, -0.2) is 24.1 Å². The molecule has 2 amide bonds. The third kappa shape index (κ3) is 4.38. The highest BCUT2D eigenvalue weighted by atomic mass is 16.2. The Morgan fingerprint density at radius 3 is 2.30 bits per heavy atom. The number of carbonyl (C=O) groups is 3. The molecule has 2 rings (SSSR count). The Bertz CT molecular complexity index is 739. The smallest absolute Gasteiger partial charge is 0.313 e. The van der Waals surface area contributed by atoms with E-state index in [1.54, 1.807) is 42.5 Å². The largest absolute Gasteiger partial charge is 0.344 e. The fourth-order valence-electron chi connectivity index (χ4n) is 1.93. The minimum absolute atomic E-state index is 0.155. The van der Waals surface area contributed by atoms with Crippen molar-refractivity contribution >= 4 is 23.3 Å². The highest BCUT2D eigenvalue weighted by Crippen LogP contribution is 2.15. The molecule has 0 bridgehead atoms. The number of nitrogens with one attached hydrogen (secondary N) is 2. The standard InChI is InChI=1S/C18H16N2O3/c1-2-11-19-17(22)18(23)20-15-10-6-9-14(12-15)16(21)13-7-4-3-5-8-13/h2-10,12H,1,11H2,(H,19,22)(H,20,23). The second-order valence-corrected chi connectivity index (χ2v) is 4.73. The van der Waals surface area contributed by atoms with E-state index in [-0.39, 0.29) is 12.3 Å². The van der Waals surface area contributed by atoms with Gasteiger partial charge in [-0.15, -0.1) is 6.58 Å². The first-order valence-electron chi connectivity index (χ1n) is 7.01. The molecule has 0 atom stereocenters. The zero-order valence-corrected chi connectivity index (χ0v) is 12.4. The first-order valence-corrected chi connectivity index (χ1v) is 7.01. The molecule has 0 heterocycles. The normalized spacial score (nSPS) is 9.74. The summed E-state index contributed by atoms with van der Waals surface area (Å²) in [6.07, 6.45) is 1.48. The van der Waals surface area contributed by atoms with Crippen molar-refractivity contribution in [3.8, 4) is 0 Å². The number of rotatable bonds is 5. The highest BCUT2D eigenvalue weighted by molar-refractivity contribution is 6.39. The van der Waals surface area contributed by atoms with Gasteiger partial charge in [0.15, 0.2) is 5.78 Å². The van der Waals surface area contributed by atoms with Crippen LogP contribution in [0, 0.1) is 0 Å². The van der Waals surface area contributed by atoms with Crippen molar-refractivity contribution in [2.75, 3.05) is 11.9 Å². The summed E-state index contributed by atoms with van der Waals surface area (Å²) in [5, 5.41) is 4.84. The van der Waals surface area contributed by atoms with Crippen LogP contribution in [0.2, 0.25) is 0 Å². The van der Waals surface area contributed by atoms with Gasteiger partial charge in [-0.3, -0.25) is 14.4 Å². The van der Waals surface area contributed by atoms with E-state index in [1.165, 1.54) is 12.1 Å². The van der Waals surface area contributed by atoms with Gasteiger partial charge in [0.1, 0.15) is 0 Å². The van der Waals surface area contributed by atoms with Gasteiger partial charge in [-0.05, 0) is 12.1 Å². The number of ketones is 1. The fourth-order valence-corrected chi connectivity index (χ4v) is 1.93. The maximum Gasteiger partial charge on any atom is 0.313 e. The predicted molar refractivity (Wildman–Crippen MR) is 88.2 cm³/mol. The molecule has 0 aliphatic heterocycles. The molecule has 0 aromatic heterocycles. The Balaban J connectivity index is 2.11. The lowest BCUT2D eigenvalue weighted by atomic mass is 10.0. The van der Waals surface area contributed by atoms with Gasteiger partial charge in [-0.25, -0.2) is 0 Å². The summed E-state index contributed by atoms with van der Waals surface area (Å²) in [5.74, 6) is -1.71. The van der Waals surface area contributed by atoms with Gasteiger partial charge in [-0.2, -0.15) is 0 Å². The van der Waals surface area contributed by atoms with Crippen LogP contribution in [0.1, 0.15) is 15.9 Å². The molecule has 0 fully saturated rings. The second-order valence-electron chi connectivity index (χ2n) is 4.73. The second kappa shape index (κ2) is 7.70.